The summed E-state index contributed by atoms with van der Waals surface area (Å²) in [7, 11) is -3.31. The Morgan fingerprint density at radius 1 is 1.00 bits per heavy atom. The van der Waals surface area contributed by atoms with Crippen LogP contribution in [0.25, 0.3) is 0 Å². The van der Waals surface area contributed by atoms with E-state index in [1.807, 2.05) is 27.7 Å². The number of rotatable bonds is 9. The fraction of sp³-hybridized carbons (Fsp3) is 0.769. The fourth-order valence-electron chi connectivity index (χ4n) is 2.17. The van der Waals surface area contributed by atoms with Gasteiger partial charge in [0, 0.05) is 26.2 Å². The first-order chi connectivity index (χ1) is 10.3. The maximum Gasteiger partial charge on any atom is 0.411 e. The van der Waals surface area contributed by atoms with E-state index in [9.17, 15) is 9.36 Å². The van der Waals surface area contributed by atoms with Crippen molar-refractivity contribution in [2.24, 2.45) is 0 Å². The van der Waals surface area contributed by atoms with Gasteiger partial charge >= 0.3 is 6.09 Å². The Morgan fingerprint density at radius 2 is 1.41 bits per heavy atom. The van der Waals surface area contributed by atoms with Crippen LogP contribution in [-0.2, 0) is 9.30 Å². The molecule has 0 spiro atoms. The van der Waals surface area contributed by atoms with E-state index in [1.54, 1.807) is 16.3 Å². The van der Waals surface area contributed by atoms with Crippen LogP contribution in [0.2, 0.25) is 0 Å². The SMILES string of the molecule is CCOC(=O)NC(=C(Cl)Cl)P(=O)(N(CC)CC)N(CC)CC. The summed E-state index contributed by atoms with van der Waals surface area (Å²) in [5.41, 5.74) is 0.00156. The maximum absolute atomic E-state index is 13.8. The summed E-state index contributed by atoms with van der Waals surface area (Å²) in [5.74, 6) is 0. The van der Waals surface area contributed by atoms with Gasteiger partial charge in [-0.2, -0.15) is 0 Å². The minimum absolute atomic E-state index is 0.00156. The highest BCUT2D eigenvalue weighted by Crippen LogP contribution is 2.60. The van der Waals surface area contributed by atoms with E-state index in [2.05, 4.69) is 5.32 Å². The van der Waals surface area contributed by atoms with Crippen molar-refractivity contribution in [2.45, 2.75) is 34.6 Å². The largest absolute Gasteiger partial charge is 0.450 e. The molecule has 0 unspecified atom stereocenters. The van der Waals surface area contributed by atoms with Gasteiger partial charge in [0.1, 0.15) is 9.93 Å². The molecule has 0 aliphatic heterocycles. The molecule has 0 aromatic rings. The molecule has 9 heteroatoms. The predicted molar refractivity (Wildman–Crippen MR) is 92.3 cm³/mol. The molecule has 0 saturated carbocycles. The van der Waals surface area contributed by atoms with Crippen molar-refractivity contribution in [2.75, 3.05) is 32.8 Å². The Kier molecular flexibility index (Phi) is 10.4. The standard InChI is InChI=1S/C13H26Cl2N3O3P/c1-6-17(7-2)22(20,18(8-3)9-4)12(11(14)15)16-13(19)21-10-5/h6-10H2,1-5H3,(H,16,19). The first kappa shape index (κ1) is 21.7. The number of amides is 1. The highest BCUT2D eigenvalue weighted by Gasteiger charge is 2.41. The zero-order valence-electron chi connectivity index (χ0n) is 13.9. The Hall–Kier alpha value is -0.260. The summed E-state index contributed by atoms with van der Waals surface area (Å²) in [4.78, 5) is 11.8. The molecule has 22 heavy (non-hydrogen) atoms. The van der Waals surface area contributed by atoms with Gasteiger partial charge in [-0.3, -0.25) is 9.88 Å². The Bertz CT molecular complexity index is 418. The first-order valence-electron chi connectivity index (χ1n) is 7.43. The molecule has 0 aromatic carbocycles. The van der Waals surface area contributed by atoms with E-state index >= 15 is 0 Å². The quantitative estimate of drug-likeness (QED) is 0.613. The van der Waals surface area contributed by atoms with Crippen molar-refractivity contribution in [1.29, 1.82) is 0 Å². The van der Waals surface area contributed by atoms with E-state index < -0.39 is 13.5 Å². The summed E-state index contributed by atoms with van der Waals surface area (Å²) < 4.78 is 21.9. The number of nitrogens with one attached hydrogen (secondary N) is 1. The fourth-order valence-corrected chi connectivity index (χ4v) is 5.84. The molecule has 0 atom stereocenters. The first-order valence-corrected chi connectivity index (χ1v) is 9.80. The molecule has 0 fully saturated rings. The van der Waals surface area contributed by atoms with E-state index in [0.29, 0.717) is 26.2 Å². The Labute approximate surface area is 143 Å². The molecular formula is C13H26Cl2N3O3P. The summed E-state index contributed by atoms with van der Waals surface area (Å²) >= 11 is 11.9. The average Bonchev–Trinajstić information content (AvgIpc) is 2.47. The van der Waals surface area contributed by atoms with Crippen molar-refractivity contribution in [3.05, 3.63) is 9.93 Å². The van der Waals surface area contributed by atoms with Crippen molar-refractivity contribution in [1.82, 2.24) is 14.7 Å². The third-order valence-corrected chi connectivity index (χ3v) is 7.42. The van der Waals surface area contributed by atoms with Crippen LogP contribution >= 0.6 is 30.6 Å². The predicted octanol–water partition coefficient (Wildman–Crippen LogP) is 4.21. The highest BCUT2D eigenvalue weighted by atomic mass is 35.5. The third kappa shape index (κ3) is 5.14. The molecule has 1 N–H and O–H groups in total. The minimum atomic E-state index is -3.31. The van der Waals surface area contributed by atoms with Gasteiger partial charge in [-0.25, -0.2) is 14.1 Å². The molecular weight excluding hydrogens is 348 g/mol. The zero-order valence-corrected chi connectivity index (χ0v) is 16.3. The number of halogens is 2. The lowest BCUT2D eigenvalue weighted by Gasteiger charge is -2.38. The summed E-state index contributed by atoms with van der Waals surface area (Å²) in [5, 5.41) is 2.46. The zero-order chi connectivity index (χ0) is 17.3. The van der Waals surface area contributed by atoms with Gasteiger partial charge < -0.3 is 4.74 Å². The molecule has 0 aliphatic rings. The Morgan fingerprint density at radius 3 is 1.68 bits per heavy atom. The molecule has 0 radical (unpaired) electrons. The molecule has 130 valence electrons. The molecule has 0 aromatic heterocycles. The van der Waals surface area contributed by atoms with E-state index in [1.165, 1.54) is 0 Å². The number of ether oxygens (including phenoxy) is 1. The van der Waals surface area contributed by atoms with Crippen molar-refractivity contribution < 1.29 is 14.1 Å². The summed E-state index contributed by atoms with van der Waals surface area (Å²) in [6.07, 6.45) is -0.726. The molecule has 0 rings (SSSR count). The second-order valence-electron chi connectivity index (χ2n) is 4.28. The van der Waals surface area contributed by atoms with Gasteiger partial charge in [-0.05, 0) is 6.92 Å². The van der Waals surface area contributed by atoms with E-state index in [4.69, 9.17) is 27.9 Å². The topological polar surface area (TPSA) is 61.9 Å². The van der Waals surface area contributed by atoms with E-state index in [-0.39, 0.29) is 16.5 Å². The van der Waals surface area contributed by atoms with Crippen LogP contribution in [0.1, 0.15) is 34.6 Å². The molecule has 1 amide bonds. The van der Waals surface area contributed by atoms with Gasteiger partial charge in [0.25, 0.3) is 7.44 Å². The molecule has 0 heterocycles. The van der Waals surface area contributed by atoms with Gasteiger partial charge in [-0.15, -0.1) is 0 Å². The van der Waals surface area contributed by atoms with Crippen molar-refractivity contribution in [3.8, 4) is 0 Å². The smallest absolute Gasteiger partial charge is 0.411 e. The lowest BCUT2D eigenvalue weighted by atomic mass is 10.7. The molecule has 0 bridgehead atoms. The normalized spacial score (nSPS) is 11.7. The number of hydrogen-bond donors (Lipinski definition) is 1. The Balaban J connectivity index is 5.95. The summed E-state index contributed by atoms with van der Waals surface area (Å²) in [6.45, 7) is 11.6. The van der Waals surface area contributed by atoms with Crippen LogP contribution in [0.4, 0.5) is 4.79 Å². The number of carbonyl (C=O) groups is 1. The maximum atomic E-state index is 13.8. The average molecular weight is 374 g/mol. The van der Waals surface area contributed by atoms with Crippen molar-refractivity contribution >= 4 is 36.7 Å². The highest BCUT2D eigenvalue weighted by molar-refractivity contribution is 7.63. The van der Waals surface area contributed by atoms with Gasteiger partial charge in [0.05, 0.1) is 6.61 Å². The summed E-state index contributed by atoms with van der Waals surface area (Å²) in [6, 6.07) is 0. The van der Waals surface area contributed by atoms with Crippen LogP contribution in [0, 0.1) is 0 Å². The third-order valence-electron chi connectivity index (χ3n) is 3.19. The lowest BCUT2D eigenvalue weighted by Crippen LogP contribution is -2.37. The number of hydrogen-bond acceptors (Lipinski definition) is 3. The van der Waals surface area contributed by atoms with Gasteiger partial charge in [0.15, 0.2) is 0 Å². The van der Waals surface area contributed by atoms with Crippen LogP contribution in [0.3, 0.4) is 0 Å². The molecule has 0 saturated heterocycles. The van der Waals surface area contributed by atoms with Crippen LogP contribution in [-0.4, -0.2) is 48.2 Å². The second kappa shape index (κ2) is 10.5. The second-order valence-corrected chi connectivity index (χ2v) is 7.89. The van der Waals surface area contributed by atoms with Crippen LogP contribution in [0.15, 0.2) is 9.93 Å². The molecule has 0 aliphatic carbocycles. The van der Waals surface area contributed by atoms with E-state index in [0.717, 1.165) is 0 Å². The molecule has 6 nitrogen and oxygen atoms in total. The monoisotopic (exact) mass is 373 g/mol. The number of nitrogens with zero attached hydrogens (tertiary/aromatic N) is 2. The minimum Gasteiger partial charge on any atom is -0.450 e. The number of carbonyl (C=O) groups excluding carboxylic acids is 1. The van der Waals surface area contributed by atoms with Gasteiger partial charge in [0.2, 0.25) is 0 Å². The van der Waals surface area contributed by atoms with Gasteiger partial charge in [-0.1, -0.05) is 50.9 Å². The lowest BCUT2D eigenvalue weighted by molar-refractivity contribution is 0.155. The van der Waals surface area contributed by atoms with Crippen molar-refractivity contribution in [3.63, 3.8) is 0 Å². The van der Waals surface area contributed by atoms with Crippen LogP contribution < -0.4 is 5.32 Å². The number of alkyl carbamates (subject to hydrolysis) is 1. The van der Waals surface area contributed by atoms with Crippen LogP contribution in [0.5, 0.6) is 0 Å².